The van der Waals surface area contributed by atoms with E-state index in [0.29, 0.717) is 6.04 Å². The minimum absolute atomic E-state index is 0.492. The third-order valence-corrected chi connectivity index (χ3v) is 1.55. The molecular formula is C8H14N2. The van der Waals surface area contributed by atoms with Crippen molar-refractivity contribution in [3.05, 3.63) is 24.8 Å². The highest BCUT2D eigenvalue weighted by atomic mass is 15.0. The van der Waals surface area contributed by atoms with Gasteiger partial charge in [0.2, 0.25) is 0 Å². The van der Waals surface area contributed by atoms with E-state index in [2.05, 4.69) is 23.3 Å². The van der Waals surface area contributed by atoms with Crippen LogP contribution in [0.4, 0.5) is 0 Å². The van der Waals surface area contributed by atoms with Crippen molar-refractivity contribution in [2.75, 3.05) is 19.6 Å². The third-order valence-electron chi connectivity index (χ3n) is 1.55. The van der Waals surface area contributed by atoms with Gasteiger partial charge >= 0.3 is 0 Å². The Morgan fingerprint density at radius 1 is 1.40 bits per heavy atom. The van der Waals surface area contributed by atoms with Crippen LogP contribution in [0.5, 0.6) is 0 Å². The summed E-state index contributed by atoms with van der Waals surface area (Å²) in [6.07, 6.45) is 5.90. The van der Waals surface area contributed by atoms with Gasteiger partial charge in [-0.2, -0.15) is 0 Å². The van der Waals surface area contributed by atoms with E-state index >= 15 is 0 Å². The summed E-state index contributed by atoms with van der Waals surface area (Å²) in [5.41, 5.74) is 0. The second-order valence-electron chi connectivity index (χ2n) is 2.39. The maximum absolute atomic E-state index is 3.61. The van der Waals surface area contributed by atoms with Gasteiger partial charge in [-0.1, -0.05) is 24.8 Å². The second kappa shape index (κ2) is 4.25. The average Bonchev–Trinajstić information content (AvgIpc) is 2.03. The molecule has 0 bridgehead atoms. The standard InChI is InChI=1S/C8H14N2/c1-2-3-4-8-7-9-5-6-10-8/h2-4,8-10H,1,5-7H2/b4-3-. The maximum Gasteiger partial charge on any atom is 0.0379 e. The highest BCUT2D eigenvalue weighted by Crippen LogP contribution is 1.88. The van der Waals surface area contributed by atoms with E-state index in [4.69, 9.17) is 0 Å². The van der Waals surface area contributed by atoms with Crippen molar-refractivity contribution in [1.82, 2.24) is 10.6 Å². The molecular weight excluding hydrogens is 124 g/mol. The number of piperazine rings is 1. The van der Waals surface area contributed by atoms with Gasteiger partial charge < -0.3 is 10.6 Å². The predicted octanol–water partition coefficient (Wildman–Crippen LogP) is 0.290. The molecule has 2 nitrogen and oxygen atoms in total. The SMILES string of the molecule is C=C/C=C\C1CNCCN1. The molecule has 1 aliphatic heterocycles. The fourth-order valence-corrected chi connectivity index (χ4v) is 1.02. The van der Waals surface area contributed by atoms with Gasteiger partial charge in [0, 0.05) is 25.7 Å². The van der Waals surface area contributed by atoms with Gasteiger partial charge in [-0.15, -0.1) is 0 Å². The molecule has 2 N–H and O–H groups in total. The molecule has 1 fully saturated rings. The zero-order valence-corrected chi connectivity index (χ0v) is 6.14. The smallest absolute Gasteiger partial charge is 0.0379 e. The number of rotatable bonds is 2. The van der Waals surface area contributed by atoms with Crippen LogP contribution in [0, 0.1) is 0 Å². The molecule has 2 heteroatoms. The van der Waals surface area contributed by atoms with Crippen LogP contribution in [0.3, 0.4) is 0 Å². The Bertz CT molecular complexity index is 123. The Morgan fingerprint density at radius 2 is 2.30 bits per heavy atom. The molecule has 0 amide bonds. The van der Waals surface area contributed by atoms with E-state index in [-0.39, 0.29) is 0 Å². The van der Waals surface area contributed by atoms with Gasteiger partial charge in [0.1, 0.15) is 0 Å². The normalized spacial score (nSPS) is 27.0. The summed E-state index contributed by atoms with van der Waals surface area (Å²) in [6.45, 7) is 6.79. The number of hydrogen-bond acceptors (Lipinski definition) is 2. The second-order valence-corrected chi connectivity index (χ2v) is 2.39. The molecule has 0 radical (unpaired) electrons. The maximum atomic E-state index is 3.61. The monoisotopic (exact) mass is 138 g/mol. The van der Waals surface area contributed by atoms with Crippen LogP contribution in [0.15, 0.2) is 24.8 Å². The first-order valence-corrected chi connectivity index (χ1v) is 3.67. The number of allylic oxidation sites excluding steroid dienone is 2. The molecule has 1 heterocycles. The van der Waals surface area contributed by atoms with Gasteiger partial charge in [0.25, 0.3) is 0 Å². The van der Waals surface area contributed by atoms with E-state index in [1.165, 1.54) is 0 Å². The molecule has 1 saturated heterocycles. The van der Waals surface area contributed by atoms with Crippen LogP contribution in [0.1, 0.15) is 0 Å². The minimum atomic E-state index is 0.492. The van der Waals surface area contributed by atoms with E-state index < -0.39 is 0 Å². The summed E-state index contributed by atoms with van der Waals surface area (Å²) in [5, 5.41) is 6.65. The van der Waals surface area contributed by atoms with Crippen LogP contribution in [-0.2, 0) is 0 Å². The lowest BCUT2D eigenvalue weighted by Gasteiger charge is -2.21. The fourth-order valence-electron chi connectivity index (χ4n) is 1.02. The van der Waals surface area contributed by atoms with Crippen molar-refractivity contribution in [3.63, 3.8) is 0 Å². The Balaban J connectivity index is 2.25. The van der Waals surface area contributed by atoms with Crippen molar-refractivity contribution < 1.29 is 0 Å². The lowest BCUT2D eigenvalue weighted by molar-refractivity contribution is 0.471. The molecule has 0 aromatic carbocycles. The number of hydrogen-bond donors (Lipinski definition) is 2. The van der Waals surface area contributed by atoms with Gasteiger partial charge in [-0.05, 0) is 0 Å². The Labute approximate surface area is 62.0 Å². The summed E-state index contributed by atoms with van der Waals surface area (Å²) in [4.78, 5) is 0. The Kier molecular flexibility index (Phi) is 3.19. The average molecular weight is 138 g/mol. The van der Waals surface area contributed by atoms with Crippen LogP contribution in [0.2, 0.25) is 0 Å². The zero-order chi connectivity index (χ0) is 7.23. The summed E-state index contributed by atoms with van der Waals surface area (Å²) in [7, 11) is 0. The summed E-state index contributed by atoms with van der Waals surface area (Å²) < 4.78 is 0. The van der Waals surface area contributed by atoms with Gasteiger partial charge in [-0.25, -0.2) is 0 Å². The highest BCUT2D eigenvalue weighted by Gasteiger charge is 2.06. The van der Waals surface area contributed by atoms with Crippen LogP contribution < -0.4 is 10.6 Å². The molecule has 1 rings (SSSR count). The molecule has 0 aromatic heterocycles. The van der Waals surface area contributed by atoms with Crippen molar-refractivity contribution in [3.8, 4) is 0 Å². The third kappa shape index (κ3) is 2.33. The molecule has 0 aliphatic carbocycles. The topological polar surface area (TPSA) is 24.1 Å². The quantitative estimate of drug-likeness (QED) is 0.536. The molecule has 10 heavy (non-hydrogen) atoms. The minimum Gasteiger partial charge on any atom is -0.314 e. The Morgan fingerprint density at radius 3 is 2.90 bits per heavy atom. The molecule has 0 aromatic rings. The van der Waals surface area contributed by atoms with Crippen LogP contribution in [0.25, 0.3) is 0 Å². The summed E-state index contributed by atoms with van der Waals surface area (Å²) in [5.74, 6) is 0. The zero-order valence-electron chi connectivity index (χ0n) is 6.14. The van der Waals surface area contributed by atoms with Gasteiger partial charge in [-0.3, -0.25) is 0 Å². The summed E-state index contributed by atoms with van der Waals surface area (Å²) in [6, 6.07) is 0.492. The fraction of sp³-hybridized carbons (Fsp3) is 0.500. The molecule has 56 valence electrons. The predicted molar refractivity (Wildman–Crippen MR) is 44.0 cm³/mol. The molecule has 1 unspecified atom stereocenters. The van der Waals surface area contributed by atoms with Crippen molar-refractivity contribution in [2.24, 2.45) is 0 Å². The van der Waals surface area contributed by atoms with Crippen molar-refractivity contribution >= 4 is 0 Å². The summed E-state index contributed by atoms with van der Waals surface area (Å²) >= 11 is 0. The highest BCUT2D eigenvalue weighted by molar-refractivity contribution is 5.04. The first-order valence-electron chi connectivity index (χ1n) is 3.67. The van der Waals surface area contributed by atoms with E-state index in [0.717, 1.165) is 19.6 Å². The van der Waals surface area contributed by atoms with Crippen molar-refractivity contribution in [2.45, 2.75) is 6.04 Å². The molecule has 1 aliphatic rings. The first-order chi connectivity index (χ1) is 4.93. The van der Waals surface area contributed by atoms with Gasteiger partial charge in [0.15, 0.2) is 0 Å². The van der Waals surface area contributed by atoms with Crippen LogP contribution in [-0.4, -0.2) is 25.7 Å². The Hall–Kier alpha value is -0.600. The molecule has 0 saturated carbocycles. The first kappa shape index (κ1) is 7.51. The number of nitrogens with one attached hydrogen (secondary N) is 2. The lowest BCUT2D eigenvalue weighted by atomic mass is 10.2. The molecule has 1 atom stereocenters. The van der Waals surface area contributed by atoms with Crippen LogP contribution >= 0.6 is 0 Å². The van der Waals surface area contributed by atoms with E-state index in [9.17, 15) is 0 Å². The lowest BCUT2D eigenvalue weighted by Crippen LogP contribution is -2.47. The van der Waals surface area contributed by atoms with E-state index in [1.54, 1.807) is 6.08 Å². The largest absolute Gasteiger partial charge is 0.314 e. The van der Waals surface area contributed by atoms with E-state index in [1.807, 2.05) is 6.08 Å². The van der Waals surface area contributed by atoms with Crippen molar-refractivity contribution in [1.29, 1.82) is 0 Å². The molecule has 0 spiro atoms. The van der Waals surface area contributed by atoms with Gasteiger partial charge in [0.05, 0.1) is 0 Å².